The number of nitrogens with one attached hydrogen (secondary N) is 2. The van der Waals surface area contributed by atoms with Gasteiger partial charge in [0.1, 0.15) is 12.1 Å². The molecule has 0 aliphatic heterocycles. The fourth-order valence-corrected chi connectivity index (χ4v) is 1.22. The molecular weight excluding hydrogens is 256 g/mol. The van der Waals surface area contributed by atoms with Crippen LogP contribution in [0, 0.1) is 0 Å². The van der Waals surface area contributed by atoms with Crippen molar-refractivity contribution in [2.24, 2.45) is 0 Å². The van der Waals surface area contributed by atoms with E-state index in [1.165, 1.54) is 0 Å². The summed E-state index contributed by atoms with van der Waals surface area (Å²) >= 11 is 7.46. The monoisotopic (exact) mass is 268 g/mol. The maximum atomic E-state index is 11.2. The number of carboxylic acids is 2. The number of rotatable bonds is 6. The first kappa shape index (κ1) is 14.9. The minimum Gasteiger partial charge on any atom is -0.480 e. The second-order valence-corrected chi connectivity index (χ2v) is 3.49. The van der Waals surface area contributed by atoms with Gasteiger partial charge in [0, 0.05) is 11.5 Å². The normalized spacial score (nSPS) is 13.6. The highest BCUT2D eigenvalue weighted by atomic mass is 32.1. The van der Waals surface area contributed by atoms with Gasteiger partial charge in [-0.1, -0.05) is 0 Å². The SMILES string of the molecule is O=C(N[C@@H](CS)C(=O)O)N[C@@H](CS)C(=O)O. The van der Waals surface area contributed by atoms with Gasteiger partial charge in [0.25, 0.3) is 0 Å². The molecule has 0 aliphatic rings. The maximum Gasteiger partial charge on any atom is 0.327 e. The summed E-state index contributed by atoms with van der Waals surface area (Å²) in [7, 11) is 0. The van der Waals surface area contributed by atoms with Crippen molar-refractivity contribution in [1.82, 2.24) is 10.6 Å². The standard InChI is InChI=1S/C7H12N2O5S2/c10-5(11)3(1-15)8-7(14)9-4(2-16)6(12)13/h3-4,15-16H,1-2H2,(H,10,11)(H,12,13)(H2,8,9,14)/t3-,4-/m0/s1. The molecule has 0 aromatic carbocycles. The van der Waals surface area contributed by atoms with Gasteiger partial charge in [-0.25, -0.2) is 14.4 Å². The molecule has 0 saturated heterocycles. The summed E-state index contributed by atoms with van der Waals surface area (Å²) in [5.74, 6) is -2.69. The molecule has 0 unspecified atom stereocenters. The van der Waals surface area contributed by atoms with Crippen LogP contribution in [0.25, 0.3) is 0 Å². The lowest BCUT2D eigenvalue weighted by atomic mass is 10.3. The topological polar surface area (TPSA) is 116 Å². The molecule has 2 amide bonds. The third-order valence-electron chi connectivity index (χ3n) is 1.57. The van der Waals surface area contributed by atoms with Crippen molar-refractivity contribution in [2.45, 2.75) is 12.1 Å². The van der Waals surface area contributed by atoms with E-state index in [1.54, 1.807) is 0 Å². The lowest BCUT2D eigenvalue weighted by molar-refractivity contribution is -0.139. The van der Waals surface area contributed by atoms with Crippen LogP contribution in [-0.2, 0) is 9.59 Å². The molecule has 4 N–H and O–H groups in total. The molecule has 0 aromatic rings. The van der Waals surface area contributed by atoms with Gasteiger partial charge in [-0.05, 0) is 0 Å². The average molecular weight is 268 g/mol. The largest absolute Gasteiger partial charge is 0.480 e. The van der Waals surface area contributed by atoms with Crippen LogP contribution >= 0.6 is 25.3 Å². The third kappa shape index (κ3) is 5.12. The van der Waals surface area contributed by atoms with Crippen LogP contribution in [-0.4, -0.2) is 51.8 Å². The molecule has 0 bridgehead atoms. The van der Waals surface area contributed by atoms with Gasteiger partial charge in [-0.15, -0.1) is 0 Å². The number of aliphatic carboxylic acids is 2. The molecule has 0 aromatic heterocycles. The molecule has 0 rings (SSSR count). The van der Waals surface area contributed by atoms with Crippen LogP contribution in [0.4, 0.5) is 4.79 Å². The van der Waals surface area contributed by atoms with Crippen molar-refractivity contribution in [2.75, 3.05) is 11.5 Å². The van der Waals surface area contributed by atoms with E-state index in [2.05, 4.69) is 35.9 Å². The molecule has 7 nitrogen and oxygen atoms in total. The molecule has 0 saturated carbocycles. The van der Waals surface area contributed by atoms with Gasteiger partial charge >= 0.3 is 18.0 Å². The summed E-state index contributed by atoms with van der Waals surface area (Å²) in [5, 5.41) is 21.3. The van der Waals surface area contributed by atoms with Crippen molar-refractivity contribution in [3.63, 3.8) is 0 Å². The molecule has 0 aliphatic carbocycles. The fraction of sp³-hybridized carbons (Fsp3) is 0.571. The Morgan fingerprint density at radius 3 is 1.44 bits per heavy atom. The van der Waals surface area contributed by atoms with E-state index >= 15 is 0 Å². The third-order valence-corrected chi connectivity index (χ3v) is 2.30. The van der Waals surface area contributed by atoms with E-state index in [4.69, 9.17) is 10.2 Å². The van der Waals surface area contributed by atoms with Gasteiger partial charge in [0.05, 0.1) is 0 Å². The Hall–Kier alpha value is -1.09. The zero-order chi connectivity index (χ0) is 12.7. The molecule has 2 atom stereocenters. The van der Waals surface area contributed by atoms with E-state index in [0.717, 1.165) is 0 Å². The van der Waals surface area contributed by atoms with Crippen molar-refractivity contribution in [3.05, 3.63) is 0 Å². The van der Waals surface area contributed by atoms with E-state index in [-0.39, 0.29) is 11.5 Å². The number of urea groups is 1. The number of hydrogen-bond acceptors (Lipinski definition) is 5. The molecule has 92 valence electrons. The first-order valence-corrected chi connectivity index (χ1v) is 5.43. The summed E-state index contributed by atoms with van der Waals surface area (Å²) in [5.41, 5.74) is 0. The van der Waals surface area contributed by atoms with Crippen LogP contribution in [0.1, 0.15) is 0 Å². The Kier molecular flexibility index (Phi) is 6.74. The quantitative estimate of drug-likeness (QED) is 0.348. The van der Waals surface area contributed by atoms with Gasteiger partial charge < -0.3 is 20.8 Å². The van der Waals surface area contributed by atoms with Gasteiger partial charge in [-0.2, -0.15) is 25.3 Å². The minimum atomic E-state index is -1.25. The molecule has 0 heterocycles. The predicted octanol–water partition coefficient (Wildman–Crippen LogP) is -0.948. The average Bonchev–Trinajstić information content (AvgIpc) is 2.21. The number of carbonyl (C=O) groups excluding carboxylic acids is 1. The molecule has 0 fully saturated rings. The summed E-state index contributed by atoms with van der Waals surface area (Å²) in [6.07, 6.45) is 0. The molecule has 9 heteroatoms. The Labute approximate surface area is 102 Å². The van der Waals surface area contributed by atoms with E-state index in [9.17, 15) is 14.4 Å². The highest BCUT2D eigenvalue weighted by molar-refractivity contribution is 7.80. The first-order valence-electron chi connectivity index (χ1n) is 4.16. The maximum absolute atomic E-state index is 11.2. The van der Waals surface area contributed by atoms with Crippen molar-refractivity contribution < 1.29 is 24.6 Å². The van der Waals surface area contributed by atoms with Crippen molar-refractivity contribution in [3.8, 4) is 0 Å². The fourth-order valence-electron chi connectivity index (χ4n) is 0.729. The number of carboxylic acid groups (broad SMARTS) is 2. The Morgan fingerprint density at radius 1 is 0.938 bits per heavy atom. The Morgan fingerprint density at radius 2 is 1.25 bits per heavy atom. The lowest BCUT2D eigenvalue weighted by Crippen LogP contribution is -2.52. The highest BCUT2D eigenvalue weighted by Crippen LogP contribution is 1.91. The number of amides is 2. The summed E-state index contributed by atoms with van der Waals surface area (Å²) in [6, 6.07) is -3.22. The van der Waals surface area contributed by atoms with Crippen LogP contribution in [0.5, 0.6) is 0 Å². The number of hydrogen-bond donors (Lipinski definition) is 6. The summed E-state index contributed by atoms with van der Waals surface area (Å²) in [6.45, 7) is 0. The zero-order valence-electron chi connectivity index (χ0n) is 8.08. The smallest absolute Gasteiger partial charge is 0.327 e. The van der Waals surface area contributed by atoms with Crippen molar-refractivity contribution in [1.29, 1.82) is 0 Å². The molecular formula is C7H12N2O5S2. The van der Waals surface area contributed by atoms with Gasteiger partial charge in [0.2, 0.25) is 0 Å². The highest BCUT2D eigenvalue weighted by Gasteiger charge is 2.22. The minimum absolute atomic E-state index is 0.0959. The van der Waals surface area contributed by atoms with Crippen LogP contribution in [0.15, 0.2) is 0 Å². The van der Waals surface area contributed by atoms with E-state index in [1.807, 2.05) is 0 Å². The Balaban J connectivity index is 4.25. The molecule has 16 heavy (non-hydrogen) atoms. The second kappa shape index (κ2) is 7.23. The van der Waals surface area contributed by atoms with Gasteiger partial charge in [-0.3, -0.25) is 0 Å². The van der Waals surface area contributed by atoms with E-state index < -0.39 is 30.1 Å². The number of carbonyl (C=O) groups is 3. The van der Waals surface area contributed by atoms with Gasteiger partial charge in [0.15, 0.2) is 0 Å². The lowest BCUT2D eigenvalue weighted by Gasteiger charge is -2.15. The number of thiol groups is 2. The van der Waals surface area contributed by atoms with Crippen LogP contribution in [0.3, 0.4) is 0 Å². The van der Waals surface area contributed by atoms with Crippen molar-refractivity contribution >= 4 is 43.2 Å². The zero-order valence-corrected chi connectivity index (χ0v) is 9.87. The summed E-state index contributed by atoms with van der Waals surface area (Å²) in [4.78, 5) is 32.2. The predicted molar refractivity (Wildman–Crippen MR) is 62.2 cm³/mol. The van der Waals surface area contributed by atoms with Crippen LogP contribution in [0.2, 0.25) is 0 Å². The Bertz CT molecular complexity index is 260. The van der Waals surface area contributed by atoms with E-state index in [0.29, 0.717) is 0 Å². The second-order valence-electron chi connectivity index (χ2n) is 2.76. The first-order chi connectivity index (χ1) is 7.42. The molecule has 0 radical (unpaired) electrons. The summed E-state index contributed by atoms with van der Waals surface area (Å²) < 4.78 is 0. The molecule has 0 spiro atoms. The van der Waals surface area contributed by atoms with Crippen LogP contribution < -0.4 is 10.6 Å².